The maximum Gasteiger partial charge on any atom is 0.174 e. The van der Waals surface area contributed by atoms with Crippen molar-refractivity contribution in [3.8, 4) is 11.4 Å². The number of pyridine rings is 1. The summed E-state index contributed by atoms with van der Waals surface area (Å²) in [5.74, 6) is 0.229. The topological polar surface area (TPSA) is 53.3 Å². The monoisotopic (exact) mass is 440 g/mol. The molecule has 2 aromatic carbocycles. The molecule has 5 rings (SSSR count). The maximum absolute atomic E-state index is 9.81. The number of aromatic hydroxyl groups is 1. The number of benzene rings is 2. The Labute approximate surface area is 193 Å². The number of anilines is 1. The van der Waals surface area contributed by atoms with Crippen LogP contribution in [0, 0.1) is 13.8 Å². The third kappa shape index (κ3) is 3.42. The van der Waals surface area contributed by atoms with Crippen LogP contribution >= 0.6 is 12.2 Å². The molecule has 0 spiro atoms. The SMILES string of the molecule is Cc1cc([C@H]2[C@H](c3ccccn3)NC(=S)N2c2ccc(O)cc2)c(C)n1-c1ccccc1. The van der Waals surface area contributed by atoms with E-state index in [0.717, 1.165) is 28.5 Å². The molecule has 2 atom stereocenters. The van der Waals surface area contributed by atoms with Crippen molar-refractivity contribution in [1.29, 1.82) is 0 Å². The van der Waals surface area contributed by atoms with Gasteiger partial charge in [-0.2, -0.15) is 0 Å². The van der Waals surface area contributed by atoms with Gasteiger partial charge >= 0.3 is 0 Å². The van der Waals surface area contributed by atoms with E-state index in [1.165, 1.54) is 5.56 Å². The zero-order valence-corrected chi connectivity index (χ0v) is 18.8. The summed E-state index contributed by atoms with van der Waals surface area (Å²) in [5, 5.41) is 13.9. The Morgan fingerprint density at radius 3 is 2.31 bits per heavy atom. The van der Waals surface area contributed by atoms with Gasteiger partial charge in [0.05, 0.1) is 17.8 Å². The van der Waals surface area contributed by atoms with Crippen molar-refractivity contribution in [3.05, 3.63) is 108 Å². The van der Waals surface area contributed by atoms with Gasteiger partial charge in [-0.25, -0.2) is 0 Å². The van der Waals surface area contributed by atoms with Gasteiger partial charge in [0, 0.05) is 29.0 Å². The molecular formula is C26H24N4OS. The molecule has 4 aromatic rings. The van der Waals surface area contributed by atoms with E-state index in [1.54, 1.807) is 12.1 Å². The summed E-state index contributed by atoms with van der Waals surface area (Å²) in [5.41, 5.74) is 6.50. The third-order valence-electron chi connectivity index (χ3n) is 6.03. The first-order valence-corrected chi connectivity index (χ1v) is 11.0. The number of aromatic nitrogens is 2. The van der Waals surface area contributed by atoms with E-state index in [4.69, 9.17) is 12.2 Å². The highest BCUT2D eigenvalue weighted by Crippen LogP contribution is 2.43. The molecule has 1 aliphatic heterocycles. The van der Waals surface area contributed by atoms with Crippen molar-refractivity contribution in [2.24, 2.45) is 0 Å². The van der Waals surface area contributed by atoms with Crippen LogP contribution in [0.25, 0.3) is 5.69 Å². The van der Waals surface area contributed by atoms with Crippen LogP contribution in [-0.4, -0.2) is 19.8 Å². The smallest absolute Gasteiger partial charge is 0.174 e. The Morgan fingerprint density at radius 2 is 1.62 bits per heavy atom. The van der Waals surface area contributed by atoms with Crippen LogP contribution in [0.4, 0.5) is 5.69 Å². The van der Waals surface area contributed by atoms with Crippen LogP contribution in [-0.2, 0) is 0 Å². The van der Waals surface area contributed by atoms with E-state index in [0.29, 0.717) is 5.11 Å². The van der Waals surface area contributed by atoms with Gasteiger partial charge in [-0.05, 0) is 86.2 Å². The third-order valence-corrected chi connectivity index (χ3v) is 6.34. The fourth-order valence-electron chi connectivity index (χ4n) is 4.62. The number of phenolic OH excluding ortho intramolecular Hbond substituents is 1. The number of hydrogen-bond donors (Lipinski definition) is 2. The van der Waals surface area contributed by atoms with Crippen LogP contribution in [0.2, 0.25) is 0 Å². The average molecular weight is 441 g/mol. The van der Waals surface area contributed by atoms with Crippen LogP contribution in [0.15, 0.2) is 85.1 Å². The minimum Gasteiger partial charge on any atom is -0.508 e. The van der Waals surface area contributed by atoms with Crippen molar-refractivity contribution in [1.82, 2.24) is 14.9 Å². The van der Waals surface area contributed by atoms with Crippen LogP contribution < -0.4 is 10.2 Å². The van der Waals surface area contributed by atoms with Crippen molar-refractivity contribution >= 4 is 23.0 Å². The Bertz CT molecular complexity index is 1250. The highest BCUT2D eigenvalue weighted by molar-refractivity contribution is 7.80. The van der Waals surface area contributed by atoms with Gasteiger partial charge in [0.1, 0.15) is 5.75 Å². The minimum atomic E-state index is -0.109. The molecule has 6 heteroatoms. The molecule has 5 nitrogen and oxygen atoms in total. The quantitative estimate of drug-likeness (QED) is 0.418. The summed E-state index contributed by atoms with van der Waals surface area (Å²) in [6.45, 7) is 4.28. The minimum absolute atomic E-state index is 0.0920. The van der Waals surface area contributed by atoms with E-state index in [-0.39, 0.29) is 17.8 Å². The predicted octanol–water partition coefficient (Wildman–Crippen LogP) is 5.37. The molecule has 0 amide bonds. The Morgan fingerprint density at radius 1 is 0.906 bits per heavy atom. The van der Waals surface area contributed by atoms with E-state index < -0.39 is 0 Å². The molecule has 0 aliphatic carbocycles. The summed E-state index contributed by atoms with van der Waals surface area (Å²) < 4.78 is 2.28. The largest absolute Gasteiger partial charge is 0.508 e. The van der Waals surface area contributed by atoms with Crippen molar-refractivity contribution in [2.45, 2.75) is 25.9 Å². The van der Waals surface area contributed by atoms with Crippen molar-refractivity contribution in [2.75, 3.05) is 4.90 Å². The summed E-state index contributed by atoms with van der Waals surface area (Å²) >= 11 is 5.80. The fourth-order valence-corrected chi connectivity index (χ4v) is 4.97. The molecular weight excluding hydrogens is 416 g/mol. The van der Waals surface area contributed by atoms with Crippen LogP contribution in [0.3, 0.4) is 0 Å². The maximum atomic E-state index is 9.81. The normalized spacial score (nSPS) is 18.1. The molecule has 32 heavy (non-hydrogen) atoms. The lowest BCUT2D eigenvalue weighted by atomic mass is 9.96. The number of hydrogen-bond acceptors (Lipinski definition) is 3. The van der Waals surface area contributed by atoms with E-state index in [1.807, 2.05) is 42.6 Å². The van der Waals surface area contributed by atoms with Gasteiger partial charge in [-0.15, -0.1) is 0 Å². The number of nitrogens with one attached hydrogen (secondary N) is 1. The zero-order valence-electron chi connectivity index (χ0n) is 17.9. The van der Waals surface area contributed by atoms with Crippen LogP contribution in [0.5, 0.6) is 5.75 Å². The lowest BCUT2D eigenvalue weighted by Crippen LogP contribution is -2.29. The number of nitrogens with zero attached hydrogens (tertiary/aromatic N) is 3. The number of phenols is 1. The molecule has 0 unspecified atom stereocenters. The molecule has 0 radical (unpaired) electrons. The average Bonchev–Trinajstić information content (AvgIpc) is 3.31. The highest BCUT2D eigenvalue weighted by Gasteiger charge is 2.42. The molecule has 0 bridgehead atoms. The number of rotatable bonds is 4. The van der Waals surface area contributed by atoms with Gasteiger partial charge in [0.15, 0.2) is 5.11 Å². The lowest BCUT2D eigenvalue weighted by molar-refractivity contribution is 0.475. The number of para-hydroxylation sites is 1. The molecule has 0 saturated carbocycles. The molecule has 1 saturated heterocycles. The molecule has 2 aromatic heterocycles. The summed E-state index contributed by atoms with van der Waals surface area (Å²) in [6.07, 6.45) is 1.81. The standard InChI is InChI=1S/C26H24N4OS/c1-17-16-22(18(2)29(17)19-8-4-3-5-9-19)25-24(23-10-6-7-15-27-23)28-26(32)30(25)20-11-13-21(31)14-12-20/h3-16,24-25,31H,1-2H3,(H,28,32)/t24-,25-/m0/s1. The summed E-state index contributed by atoms with van der Waals surface area (Å²) in [6, 6.07) is 25.5. The zero-order chi connectivity index (χ0) is 22.2. The fraction of sp³-hybridized carbons (Fsp3) is 0.154. The molecule has 1 aliphatic rings. The van der Waals surface area contributed by atoms with Gasteiger partial charge in [0.2, 0.25) is 0 Å². The highest BCUT2D eigenvalue weighted by atomic mass is 32.1. The van der Waals surface area contributed by atoms with Crippen molar-refractivity contribution in [3.63, 3.8) is 0 Å². The predicted molar refractivity (Wildman–Crippen MR) is 131 cm³/mol. The van der Waals surface area contributed by atoms with Gasteiger partial charge in [0.25, 0.3) is 0 Å². The van der Waals surface area contributed by atoms with E-state index in [9.17, 15) is 5.11 Å². The lowest BCUT2D eigenvalue weighted by Gasteiger charge is -2.28. The number of aryl methyl sites for hydroxylation is 1. The molecule has 3 heterocycles. The van der Waals surface area contributed by atoms with Crippen LogP contribution in [0.1, 0.15) is 34.7 Å². The first kappa shape index (κ1) is 20.3. The second-order valence-corrected chi connectivity index (χ2v) is 8.40. The Kier molecular flexibility index (Phi) is 5.15. The first-order chi connectivity index (χ1) is 15.5. The van der Waals surface area contributed by atoms with Gasteiger partial charge in [-0.1, -0.05) is 24.3 Å². The second-order valence-electron chi connectivity index (χ2n) is 8.01. The van der Waals surface area contributed by atoms with Crippen molar-refractivity contribution < 1.29 is 5.11 Å². The Balaban J connectivity index is 1.68. The summed E-state index contributed by atoms with van der Waals surface area (Å²) in [7, 11) is 0. The Hall–Kier alpha value is -3.64. The van der Waals surface area contributed by atoms with E-state index in [2.05, 4.69) is 63.9 Å². The molecule has 2 N–H and O–H groups in total. The molecule has 160 valence electrons. The van der Waals surface area contributed by atoms with Gasteiger partial charge in [-0.3, -0.25) is 4.98 Å². The van der Waals surface area contributed by atoms with E-state index >= 15 is 0 Å². The summed E-state index contributed by atoms with van der Waals surface area (Å²) in [4.78, 5) is 6.76. The second kappa shape index (κ2) is 8.13. The first-order valence-electron chi connectivity index (χ1n) is 10.6. The molecule has 1 fully saturated rings. The number of thiocarbonyl (C=S) groups is 1. The van der Waals surface area contributed by atoms with Gasteiger partial charge < -0.3 is 19.9 Å².